The Morgan fingerprint density at radius 1 is 1.24 bits per heavy atom. The van der Waals surface area contributed by atoms with E-state index in [1.54, 1.807) is 15.7 Å². The molecule has 0 radical (unpaired) electrons. The summed E-state index contributed by atoms with van der Waals surface area (Å²) in [6.07, 6.45) is 5.06. The van der Waals surface area contributed by atoms with E-state index in [4.69, 9.17) is 5.73 Å². The molecule has 2 unspecified atom stereocenters. The highest BCUT2D eigenvalue weighted by Crippen LogP contribution is 2.31. The molecular weight excluding hydrogens is 238 g/mol. The largest absolute Gasteiger partial charge is 0.330 e. The summed E-state index contributed by atoms with van der Waals surface area (Å²) in [4.78, 5) is 0. The molecule has 1 saturated carbocycles. The molecule has 0 aromatic rings. The summed E-state index contributed by atoms with van der Waals surface area (Å²) in [5, 5.41) is 0. The minimum Gasteiger partial charge on any atom is -0.330 e. The first-order valence-electron chi connectivity index (χ1n) is 6.50. The summed E-state index contributed by atoms with van der Waals surface area (Å²) in [6.45, 7) is 1.93. The fraction of sp³-hybridized carbons (Fsp3) is 1.00. The molecule has 0 aromatic carbocycles. The molecule has 2 rings (SSSR count). The van der Waals surface area contributed by atoms with E-state index >= 15 is 0 Å². The van der Waals surface area contributed by atoms with Gasteiger partial charge in [-0.15, -0.1) is 0 Å². The molecule has 1 saturated heterocycles. The number of rotatable bonds is 4. The molecule has 100 valence electrons. The van der Waals surface area contributed by atoms with E-state index in [9.17, 15) is 8.42 Å². The van der Waals surface area contributed by atoms with Gasteiger partial charge in [-0.3, -0.25) is 0 Å². The molecule has 2 aliphatic rings. The molecule has 0 spiro atoms. The third-order valence-corrected chi connectivity index (χ3v) is 6.16. The van der Waals surface area contributed by atoms with Crippen molar-refractivity contribution < 1.29 is 8.42 Å². The Bertz CT molecular complexity index is 352. The quantitative estimate of drug-likeness (QED) is 0.796. The Kier molecular flexibility index (Phi) is 4.07. The van der Waals surface area contributed by atoms with Gasteiger partial charge in [0.25, 0.3) is 10.2 Å². The van der Waals surface area contributed by atoms with E-state index < -0.39 is 10.2 Å². The first-order valence-corrected chi connectivity index (χ1v) is 7.90. The van der Waals surface area contributed by atoms with Crippen molar-refractivity contribution >= 4 is 10.2 Å². The molecule has 1 heterocycles. The second-order valence-electron chi connectivity index (χ2n) is 5.12. The van der Waals surface area contributed by atoms with Gasteiger partial charge in [0, 0.05) is 26.2 Å². The van der Waals surface area contributed by atoms with E-state index in [0.29, 0.717) is 25.6 Å². The van der Waals surface area contributed by atoms with Crippen molar-refractivity contribution in [3.8, 4) is 0 Å². The average molecular weight is 261 g/mol. The van der Waals surface area contributed by atoms with Crippen LogP contribution < -0.4 is 5.73 Å². The molecule has 0 aromatic heterocycles. The molecule has 0 amide bonds. The van der Waals surface area contributed by atoms with Crippen LogP contribution in [-0.4, -0.2) is 49.8 Å². The molecule has 0 bridgehead atoms. The molecular formula is C11H23N3O2S. The molecule has 2 atom stereocenters. The van der Waals surface area contributed by atoms with Gasteiger partial charge in [-0.05, 0) is 38.1 Å². The minimum atomic E-state index is -3.25. The standard InChI is InChI=1S/C11H23N3O2S/c1-13(11-6-4-5-10(11)9-12)17(15,16)14-7-2-3-8-14/h10-11H,2-9,12H2,1H3. The van der Waals surface area contributed by atoms with Gasteiger partial charge in [0.15, 0.2) is 0 Å². The fourth-order valence-electron chi connectivity index (χ4n) is 3.04. The number of nitrogens with zero attached hydrogens (tertiary/aromatic N) is 2. The van der Waals surface area contributed by atoms with Crippen molar-refractivity contribution in [3.63, 3.8) is 0 Å². The zero-order valence-electron chi connectivity index (χ0n) is 10.5. The smallest absolute Gasteiger partial charge is 0.281 e. The van der Waals surface area contributed by atoms with Gasteiger partial charge in [-0.1, -0.05) is 6.42 Å². The summed E-state index contributed by atoms with van der Waals surface area (Å²) < 4.78 is 28.0. The zero-order chi connectivity index (χ0) is 12.5. The van der Waals surface area contributed by atoms with Crippen LogP contribution in [0.3, 0.4) is 0 Å². The molecule has 17 heavy (non-hydrogen) atoms. The predicted molar refractivity (Wildman–Crippen MR) is 67.7 cm³/mol. The van der Waals surface area contributed by atoms with Crippen LogP contribution in [0.5, 0.6) is 0 Å². The summed E-state index contributed by atoms with van der Waals surface area (Å²) in [7, 11) is -1.54. The summed E-state index contributed by atoms with van der Waals surface area (Å²) >= 11 is 0. The van der Waals surface area contributed by atoms with Crippen molar-refractivity contribution in [2.75, 3.05) is 26.7 Å². The van der Waals surface area contributed by atoms with Crippen LogP contribution in [0.2, 0.25) is 0 Å². The SMILES string of the molecule is CN(C1CCCC1CN)S(=O)(=O)N1CCCC1. The predicted octanol–water partition coefficient (Wildman–Crippen LogP) is 0.386. The van der Waals surface area contributed by atoms with Crippen LogP contribution in [0, 0.1) is 5.92 Å². The normalized spacial score (nSPS) is 31.5. The second kappa shape index (κ2) is 5.22. The number of nitrogens with two attached hydrogens (primary N) is 1. The lowest BCUT2D eigenvalue weighted by Crippen LogP contribution is -2.47. The third kappa shape index (κ3) is 2.50. The average Bonchev–Trinajstić information content (AvgIpc) is 2.98. The van der Waals surface area contributed by atoms with Crippen LogP contribution in [-0.2, 0) is 10.2 Å². The molecule has 6 heteroatoms. The molecule has 2 fully saturated rings. The molecule has 1 aliphatic heterocycles. The highest BCUT2D eigenvalue weighted by molar-refractivity contribution is 7.86. The number of hydrogen-bond donors (Lipinski definition) is 1. The van der Waals surface area contributed by atoms with Gasteiger partial charge in [-0.2, -0.15) is 17.0 Å². The van der Waals surface area contributed by atoms with Crippen LogP contribution >= 0.6 is 0 Å². The van der Waals surface area contributed by atoms with E-state index in [1.165, 1.54) is 0 Å². The Hall–Kier alpha value is -0.170. The lowest BCUT2D eigenvalue weighted by atomic mass is 10.0. The minimum absolute atomic E-state index is 0.102. The fourth-order valence-corrected chi connectivity index (χ4v) is 4.75. The van der Waals surface area contributed by atoms with Gasteiger partial charge in [0.1, 0.15) is 0 Å². The first kappa shape index (κ1) is 13.3. The summed E-state index contributed by atoms with van der Waals surface area (Å²) in [6, 6.07) is 0.102. The number of hydrogen-bond acceptors (Lipinski definition) is 3. The maximum atomic E-state index is 12.4. The van der Waals surface area contributed by atoms with E-state index in [2.05, 4.69) is 0 Å². The first-order chi connectivity index (χ1) is 8.07. The zero-order valence-corrected chi connectivity index (χ0v) is 11.3. The summed E-state index contributed by atoms with van der Waals surface area (Å²) in [5.41, 5.74) is 5.72. The van der Waals surface area contributed by atoms with Crippen LogP contribution in [0.4, 0.5) is 0 Å². The van der Waals surface area contributed by atoms with E-state index in [-0.39, 0.29) is 6.04 Å². The van der Waals surface area contributed by atoms with Crippen molar-refractivity contribution in [3.05, 3.63) is 0 Å². The Morgan fingerprint density at radius 3 is 2.47 bits per heavy atom. The lowest BCUT2D eigenvalue weighted by Gasteiger charge is -2.31. The highest BCUT2D eigenvalue weighted by Gasteiger charge is 2.38. The van der Waals surface area contributed by atoms with E-state index in [1.807, 2.05) is 0 Å². The van der Waals surface area contributed by atoms with Gasteiger partial charge >= 0.3 is 0 Å². The Morgan fingerprint density at radius 2 is 1.88 bits per heavy atom. The van der Waals surface area contributed by atoms with Crippen molar-refractivity contribution in [2.24, 2.45) is 11.7 Å². The van der Waals surface area contributed by atoms with Crippen LogP contribution in [0.1, 0.15) is 32.1 Å². The van der Waals surface area contributed by atoms with E-state index in [0.717, 1.165) is 32.1 Å². The second-order valence-corrected chi connectivity index (χ2v) is 7.11. The van der Waals surface area contributed by atoms with Gasteiger partial charge in [0.05, 0.1) is 0 Å². The monoisotopic (exact) mass is 261 g/mol. The Balaban J connectivity index is 2.10. The topological polar surface area (TPSA) is 66.6 Å². The summed E-state index contributed by atoms with van der Waals surface area (Å²) in [5.74, 6) is 0.331. The van der Waals surface area contributed by atoms with Crippen molar-refractivity contribution in [2.45, 2.75) is 38.1 Å². The molecule has 2 N–H and O–H groups in total. The lowest BCUT2D eigenvalue weighted by molar-refractivity contribution is 0.283. The molecule has 5 nitrogen and oxygen atoms in total. The highest BCUT2D eigenvalue weighted by atomic mass is 32.2. The van der Waals surface area contributed by atoms with Crippen LogP contribution in [0.15, 0.2) is 0 Å². The van der Waals surface area contributed by atoms with Crippen LogP contribution in [0.25, 0.3) is 0 Å². The maximum absolute atomic E-state index is 12.4. The molecule has 1 aliphatic carbocycles. The van der Waals surface area contributed by atoms with Gasteiger partial charge < -0.3 is 5.73 Å². The maximum Gasteiger partial charge on any atom is 0.281 e. The van der Waals surface area contributed by atoms with Crippen molar-refractivity contribution in [1.82, 2.24) is 8.61 Å². The van der Waals surface area contributed by atoms with Crippen molar-refractivity contribution in [1.29, 1.82) is 0 Å². The van der Waals surface area contributed by atoms with Gasteiger partial charge in [0.2, 0.25) is 0 Å². The third-order valence-electron chi connectivity index (χ3n) is 4.14. The Labute approximate surface area is 104 Å². The van der Waals surface area contributed by atoms with Gasteiger partial charge in [-0.25, -0.2) is 0 Å².